The number of esters is 1. The van der Waals surface area contributed by atoms with Gasteiger partial charge in [-0.1, -0.05) is 11.6 Å². The summed E-state index contributed by atoms with van der Waals surface area (Å²) in [5, 5.41) is 13.9. The summed E-state index contributed by atoms with van der Waals surface area (Å²) in [4.78, 5) is 32.3. The van der Waals surface area contributed by atoms with Crippen LogP contribution in [-0.4, -0.2) is 33.1 Å². The minimum atomic E-state index is -0.734. The highest BCUT2D eigenvalue weighted by Gasteiger charge is 2.20. The van der Waals surface area contributed by atoms with Gasteiger partial charge in [-0.15, -0.1) is 0 Å². The van der Waals surface area contributed by atoms with Gasteiger partial charge in [-0.3, -0.25) is 9.59 Å². The van der Waals surface area contributed by atoms with Gasteiger partial charge in [-0.05, 0) is 11.8 Å². The summed E-state index contributed by atoms with van der Waals surface area (Å²) >= 11 is 5.58. The first-order valence-electron chi connectivity index (χ1n) is 5.48. The van der Waals surface area contributed by atoms with Crippen molar-refractivity contribution in [1.82, 2.24) is 9.78 Å². The van der Waals surface area contributed by atoms with Crippen molar-refractivity contribution in [1.29, 1.82) is 0 Å². The molecule has 0 saturated carbocycles. The fourth-order valence-electron chi connectivity index (χ4n) is 1.33. The average molecular weight is 290 g/mol. The zero-order valence-corrected chi connectivity index (χ0v) is 10.9. The number of carbonyl (C=O) groups excluding carboxylic acids is 2. The smallest absolute Gasteiger partial charge is 0.408 e. The molecule has 104 valence electrons. The van der Waals surface area contributed by atoms with Crippen LogP contribution in [0.25, 0.3) is 0 Å². The number of hydrogen-bond donors (Lipinski definition) is 0. The molecule has 0 aliphatic rings. The Hall–Kier alpha value is -1.96. The number of Topliss-reactive ketones (excluding diaryl/α,β-unsaturated/α-hetero) is 1. The molecule has 0 spiro atoms. The van der Waals surface area contributed by atoms with Crippen LogP contribution in [-0.2, 0) is 20.9 Å². The summed E-state index contributed by atoms with van der Waals surface area (Å²) in [6.45, 7) is 1.76. The number of carbonyl (C=O) groups is 2. The summed E-state index contributed by atoms with van der Waals surface area (Å²) in [6.07, 6.45) is 1.16. The van der Waals surface area contributed by atoms with Gasteiger partial charge >= 0.3 is 11.8 Å². The summed E-state index contributed by atoms with van der Waals surface area (Å²) < 4.78 is 5.75. The third-order valence-electron chi connectivity index (χ3n) is 2.12. The Morgan fingerprint density at radius 3 is 2.74 bits per heavy atom. The third kappa shape index (κ3) is 4.66. The molecule has 0 atom stereocenters. The zero-order chi connectivity index (χ0) is 14.4. The highest BCUT2D eigenvalue weighted by molar-refractivity contribution is 6.32. The maximum atomic E-state index is 11.5. The molecule has 0 saturated heterocycles. The standard InChI is InChI=1S/C10H12ClN3O5/c1-2-19-9(16)4-3-7(15)5-13-6-8(11)10(12-13)14(17)18/h6H,2-5H2,1H3. The molecular formula is C10H12ClN3O5. The second-order valence-corrected chi connectivity index (χ2v) is 4.01. The van der Waals surface area contributed by atoms with Crippen LogP contribution in [0.2, 0.25) is 5.02 Å². The van der Waals surface area contributed by atoms with Crippen molar-refractivity contribution in [3.63, 3.8) is 0 Å². The van der Waals surface area contributed by atoms with E-state index in [1.54, 1.807) is 6.92 Å². The van der Waals surface area contributed by atoms with E-state index < -0.39 is 16.7 Å². The lowest BCUT2D eigenvalue weighted by Crippen LogP contribution is -2.13. The second kappa shape index (κ2) is 6.83. The van der Waals surface area contributed by atoms with Crippen molar-refractivity contribution in [2.24, 2.45) is 0 Å². The molecule has 9 heteroatoms. The number of nitro groups is 1. The number of aromatic nitrogens is 2. The molecule has 0 aliphatic carbocycles. The minimum Gasteiger partial charge on any atom is -0.466 e. The molecule has 0 unspecified atom stereocenters. The van der Waals surface area contributed by atoms with Crippen LogP contribution in [0.5, 0.6) is 0 Å². The molecular weight excluding hydrogens is 278 g/mol. The van der Waals surface area contributed by atoms with E-state index in [-0.39, 0.29) is 36.8 Å². The Kier molecular flexibility index (Phi) is 5.43. The van der Waals surface area contributed by atoms with Gasteiger partial charge in [0.15, 0.2) is 10.8 Å². The normalized spacial score (nSPS) is 10.2. The molecule has 0 radical (unpaired) electrons. The number of nitrogens with zero attached hydrogens (tertiary/aromatic N) is 3. The van der Waals surface area contributed by atoms with Gasteiger partial charge in [0, 0.05) is 6.42 Å². The number of ether oxygens (including phenoxy) is 1. The monoisotopic (exact) mass is 289 g/mol. The number of hydrogen-bond acceptors (Lipinski definition) is 6. The summed E-state index contributed by atoms with van der Waals surface area (Å²) in [5.74, 6) is -1.25. The topological polar surface area (TPSA) is 104 Å². The maximum absolute atomic E-state index is 11.5. The zero-order valence-electron chi connectivity index (χ0n) is 10.2. The lowest BCUT2D eigenvalue weighted by molar-refractivity contribution is -0.389. The number of halogens is 1. The van der Waals surface area contributed by atoms with Gasteiger partial charge in [0.1, 0.15) is 6.54 Å². The Morgan fingerprint density at radius 2 is 2.21 bits per heavy atom. The Bertz CT molecular complexity index is 499. The highest BCUT2D eigenvalue weighted by atomic mass is 35.5. The summed E-state index contributed by atoms with van der Waals surface area (Å²) in [7, 11) is 0. The van der Waals surface area contributed by atoms with Crippen molar-refractivity contribution in [3.05, 3.63) is 21.3 Å². The van der Waals surface area contributed by atoms with Crippen molar-refractivity contribution < 1.29 is 19.2 Å². The quantitative estimate of drug-likeness (QED) is 0.426. The van der Waals surface area contributed by atoms with Gasteiger partial charge in [0.2, 0.25) is 0 Å². The maximum Gasteiger partial charge on any atom is 0.408 e. The van der Waals surface area contributed by atoms with E-state index in [0.29, 0.717) is 0 Å². The third-order valence-corrected chi connectivity index (χ3v) is 2.39. The van der Waals surface area contributed by atoms with Crippen molar-refractivity contribution in [2.45, 2.75) is 26.3 Å². The van der Waals surface area contributed by atoms with E-state index in [4.69, 9.17) is 11.6 Å². The Labute approximate surface area is 113 Å². The van der Waals surface area contributed by atoms with Crippen molar-refractivity contribution in [2.75, 3.05) is 6.61 Å². The summed E-state index contributed by atoms with van der Waals surface area (Å²) in [5.41, 5.74) is 0. The van der Waals surface area contributed by atoms with E-state index in [1.807, 2.05) is 0 Å². The molecule has 19 heavy (non-hydrogen) atoms. The minimum absolute atomic E-state index is 0.00981. The van der Waals surface area contributed by atoms with E-state index >= 15 is 0 Å². The molecule has 1 aromatic heterocycles. The van der Waals surface area contributed by atoms with E-state index in [1.165, 1.54) is 6.20 Å². The first-order chi connectivity index (χ1) is 8.93. The van der Waals surface area contributed by atoms with Crippen LogP contribution in [0.1, 0.15) is 19.8 Å². The van der Waals surface area contributed by atoms with E-state index in [2.05, 4.69) is 9.84 Å². The second-order valence-electron chi connectivity index (χ2n) is 3.60. The molecule has 1 aromatic rings. The van der Waals surface area contributed by atoms with Gasteiger partial charge < -0.3 is 14.9 Å². The van der Waals surface area contributed by atoms with E-state index in [0.717, 1.165) is 4.68 Å². The molecule has 0 bridgehead atoms. The Morgan fingerprint density at radius 1 is 1.53 bits per heavy atom. The molecule has 0 aliphatic heterocycles. The lowest BCUT2D eigenvalue weighted by atomic mass is 10.2. The predicted molar refractivity (Wildman–Crippen MR) is 64.8 cm³/mol. The number of rotatable bonds is 7. The Balaban J connectivity index is 2.51. The fourth-order valence-corrected chi connectivity index (χ4v) is 1.55. The SMILES string of the molecule is CCOC(=O)CCC(=O)Cn1cc(Cl)c([N+](=O)[O-])n1. The molecule has 1 heterocycles. The first kappa shape index (κ1) is 15.1. The molecule has 8 nitrogen and oxygen atoms in total. The van der Waals surface area contributed by atoms with Crippen LogP contribution in [0.4, 0.5) is 5.82 Å². The molecule has 0 amide bonds. The molecule has 0 N–H and O–H groups in total. The van der Waals surface area contributed by atoms with Crippen molar-refractivity contribution in [3.8, 4) is 0 Å². The molecule has 0 aromatic carbocycles. The molecule has 0 fully saturated rings. The van der Waals surface area contributed by atoms with Crippen LogP contribution in [0.3, 0.4) is 0 Å². The largest absolute Gasteiger partial charge is 0.466 e. The van der Waals surface area contributed by atoms with Crippen LogP contribution in [0.15, 0.2) is 6.20 Å². The highest BCUT2D eigenvalue weighted by Crippen LogP contribution is 2.21. The molecule has 1 rings (SSSR count). The summed E-state index contributed by atoms with van der Waals surface area (Å²) in [6, 6.07) is 0. The average Bonchev–Trinajstić information content (AvgIpc) is 2.68. The van der Waals surface area contributed by atoms with Crippen LogP contribution < -0.4 is 0 Å². The van der Waals surface area contributed by atoms with Crippen LogP contribution >= 0.6 is 11.6 Å². The predicted octanol–water partition coefficient (Wildman–Crippen LogP) is 1.36. The van der Waals surface area contributed by atoms with Crippen molar-refractivity contribution >= 4 is 29.2 Å². The lowest BCUT2D eigenvalue weighted by Gasteiger charge is -2.00. The number of ketones is 1. The first-order valence-corrected chi connectivity index (χ1v) is 5.86. The van der Waals surface area contributed by atoms with Crippen LogP contribution in [0, 0.1) is 10.1 Å². The van der Waals surface area contributed by atoms with E-state index in [9.17, 15) is 19.7 Å². The fraction of sp³-hybridized carbons (Fsp3) is 0.500. The van der Waals surface area contributed by atoms with Gasteiger partial charge in [-0.2, -0.15) is 4.68 Å². The van der Waals surface area contributed by atoms with Gasteiger partial charge in [0.25, 0.3) is 0 Å². The van der Waals surface area contributed by atoms with Gasteiger partial charge in [-0.25, -0.2) is 0 Å². The van der Waals surface area contributed by atoms with Gasteiger partial charge in [0.05, 0.1) is 24.3 Å².